The Balaban J connectivity index is 1.57. The molecule has 2 heterocycles. The summed E-state index contributed by atoms with van der Waals surface area (Å²) in [4.78, 5) is 4.45. The van der Waals surface area contributed by atoms with Crippen LogP contribution in [0.1, 0.15) is 11.9 Å². The molecule has 0 aliphatic carbocycles. The third-order valence-corrected chi connectivity index (χ3v) is 6.29. The largest absolute Gasteiger partial charge is 0.510 e. The molecule has 0 aliphatic heterocycles. The van der Waals surface area contributed by atoms with Crippen LogP contribution >= 0.6 is 34.7 Å². The highest BCUT2D eigenvalue weighted by atomic mass is 35.5. The van der Waals surface area contributed by atoms with Crippen molar-refractivity contribution in [1.29, 1.82) is 5.26 Å². The lowest BCUT2D eigenvalue weighted by molar-refractivity contribution is 0.400. The van der Waals surface area contributed by atoms with Crippen LogP contribution in [0.3, 0.4) is 0 Å². The van der Waals surface area contributed by atoms with Crippen LogP contribution in [-0.2, 0) is 0 Å². The van der Waals surface area contributed by atoms with E-state index in [1.54, 1.807) is 31.2 Å². The van der Waals surface area contributed by atoms with Crippen LogP contribution in [-0.4, -0.2) is 25.5 Å². The molecule has 0 aliphatic rings. The Morgan fingerprint density at radius 3 is 2.69 bits per heavy atom. The van der Waals surface area contributed by atoms with Gasteiger partial charge >= 0.3 is 0 Å². The molecule has 0 spiro atoms. The van der Waals surface area contributed by atoms with Gasteiger partial charge in [-0.25, -0.2) is 4.98 Å². The number of rotatable bonds is 5. The number of hydrogen-bond acceptors (Lipinski definition) is 8. The molecule has 0 amide bonds. The fourth-order valence-corrected chi connectivity index (χ4v) is 4.41. The average Bonchev–Trinajstić information content (AvgIpc) is 3.36. The number of hydrogen-bond donors (Lipinski definition) is 1. The van der Waals surface area contributed by atoms with Gasteiger partial charge in [0.25, 0.3) is 5.22 Å². The van der Waals surface area contributed by atoms with Crippen LogP contribution in [0, 0.1) is 11.3 Å². The maximum Gasteiger partial charge on any atom is 0.277 e. The molecule has 2 aromatic carbocycles. The average molecular weight is 441 g/mol. The molecule has 0 saturated carbocycles. The van der Waals surface area contributed by atoms with Gasteiger partial charge in [0.05, 0.1) is 15.5 Å². The normalized spacial score (nSPS) is 13.1. The topological polar surface area (TPSA) is 95.8 Å². The van der Waals surface area contributed by atoms with Crippen molar-refractivity contribution in [3.63, 3.8) is 0 Å². The van der Waals surface area contributed by atoms with E-state index < -0.39 is 5.25 Å². The first-order valence-corrected chi connectivity index (χ1v) is 10.6. The highest BCUT2D eigenvalue weighted by Crippen LogP contribution is 2.34. The maximum atomic E-state index is 10.7. The van der Waals surface area contributed by atoms with Crippen molar-refractivity contribution < 1.29 is 9.52 Å². The third-order valence-electron chi connectivity index (χ3n) is 4.04. The second-order valence-electron chi connectivity index (χ2n) is 6.00. The second kappa shape index (κ2) is 8.25. The van der Waals surface area contributed by atoms with Crippen LogP contribution in [0.5, 0.6) is 0 Å². The van der Waals surface area contributed by atoms with Crippen LogP contribution < -0.4 is 0 Å². The Hall–Kier alpha value is -2.86. The van der Waals surface area contributed by atoms with E-state index in [-0.39, 0.29) is 16.6 Å². The van der Waals surface area contributed by atoms with Crippen LogP contribution in [0.15, 0.2) is 63.9 Å². The van der Waals surface area contributed by atoms with Crippen LogP contribution in [0.2, 0.25) is 5.02 Å². The van der Waals surface area contributed by atoms with Gasteiger partial charge in [0.15, 0.2) is 0 Å². The van der Waals surface area contributed by atoms with Gasteiger partial charge in [-0.1, -0.05) is 35.5 Å². The minimum atomic E-state index is -0.477. The van der Waals surface area contributed by atoms with Crippen molar-refractivity contribution in [2.24, 2.45) is 0 Å². The van der Waals surface area contributed by atoms with Crippen molar-refractivity contribution >= 4 is 50.5 Å². The van der Waals surface area contributed by atoms with Crippen molar-refractivity contribution in [3.05, 3.63) is 64.3 Å². The van der Waals surface area contributed by atoms with Gasteiger partial charge < -0.3 is 9.52 Å². The Morgan fingerprint density at radius 1 is 1.21 bits per heavy atom. The predicted octanol–water partition coefficient (Wildman–Crippen LogP) is 5.97. The van der Waals surface area contributed by atoms with E-state index in [9.17, 15) is 10.4 Å². The standard InChI is InChI=1S/C20H13ClN4O2S2/c1-11(28-20-25-24-18(27-20)12-6-8-13(21)9-7-12)17(26)14(10-22)19-23-15-4-2-3-5-16(15)29-19/h2-9,11,26H,1H3/b17-14-. The molecule has 0 radical (unpaired) electrons. The van der Waals surface area contributed by atoms with Gasteiger partial charge in [-0.2, -0.15) is 5.26 Å². The zero-order valence-electron chi connectivity index (χ0n) is 15.0. The molecule has 1 atom stereocenters. The maximum absolute atomic E-state index is 10.7. The fraction of sp³-hybridized carbons (Fsp3) is 0.100. The predicted molar refractivity (Wildman–Crippen MR) is 115 cm³/mol. The third kappa shape index (κ3) is 4.12. The Bertz CT molecular complexity index is 1210. The summed E-state index contributed by atoms with van der Waals surface area (Å²) in [5, 5.41) is 29.2. The van der Waals surface area contributed by atoms with Gasteiger partial charge in [-0.15, -0.1) is 21.5 Å². The number of thiazole rings is 1. The number of para-hydroxylation sites is 1. The molecular formula is C20H13ClN4O2S2. The molecule has 6 nitrogen and oxygen atoms in total. The number of benzene rings is 2. The van der Waals surface area contributed by atoms with E-state index in [1.807, 2.05) is 24.3 Å². The minimum absolute atomic E-state index is 0.0807. The molecule has 1 N–H and O–H groups in total. The Labute approximate surface area is 179 Å². The van der Waals surface area contributed by atoms with Crippen molar-refractivity contribution in [1.82, 2.24) is 15.2 Å². The zero-order valence-corrected chi connectivity index (χ0v) is 17.4. The summed E-state index contributed by atoms with van der Waals surface area (Å²) in [7, 11) is 0. The van der Waals surface area contributed by atoms with Gasteiger partial charge in [0.1, 0.15) is 22.4 Å². The highest BCUT2D eigenvalue weighted by molar-refractivity contribution is 7.99. The van der Waals surface area contributed by atoms with E-state index in [1.165, 1.54) is 23.1 Å². The van der Waals surface area contributed by atoms with E-state index >= 15 is 0 Å². The SMILES string of the molecule is CC(Sc1nnc(-c2ccc(Cl)cc2)o1)/C(O)=C(\C#N)c1nc2ccccc2s1. The van der Waals surface area contributed by atoms with Gasteiger partial charge in [-0.3, -0.25) is 0 Å². The molecule has 0 saturated heterocycles. The van der Waals surface area contributed by atoms with E-state index in [0.717, 1.165) is 15.8 Å². The fourth-order valence-electron chi connectivity index (χ4n) is 2.57. The van der Waals surface area contributed by atoms with Gasteiger partial charge in [-0.05, 0) is 43.3 Å². The number of aliphatic hydroxyl groups is 1. The monoisotopic (exact) mass is 440 g/mol. The smallest absolute Gasteiger partial charge is 0.277 e. The zero-order chi connectivity index (χ0) is 20.4. The molecule has 29 heavy (non-hydrogen) atoms. The van der Waals surface area contributed by atoms with Crippen LogP contribution in [0.25, 0.3) is 27.2 Å². The summed E-state index contributed by atoms with van der Waals surface area (Å²) in [6, 6.07) is 16.7. The number of thioether (sulfide) groups is 1. The lowest BCUT2D eigenvalue weighted by atomic mass is 10.2. The van der Waals surface area contributed by atoms with Crippen molar-refractivity contribution in [2.75, 3.05) is 0 Å². The van der Waals surface area contributed by atoms with Crippen molar-refractivity contribution in [3.8, 4) is 17.5 Å². The summed E-state index contributed by atoms with van der Waals surface area (Å²) in [6.07, 6.45) is 0. The van der Waals surface area contributed by atoms with E-state index in [4.69, 9.17) is 16.0 Å². The summed E-state index contributed by atoms with van der Waals surface area (Å²) >= 11 is 8.42. The number of fused-ring (bicyclic) bond motifs is 1. The highest BCUT2D eigenvalue weighted by Gasteiger charge is 2.21. The van der Waals surface area contributed by atoms with Crippen molar-refractivity contribution in [2.45, 2.75) is 17.4 Å². The van der Waals surface area contributed by atoms with Gasteiger partial charge in [0.2, 0.25) is 5.89 Å². The number of allylic oxidation sites excluding steroid dienone is 1. The molecule has 144 valence electrons. The first-order valence-electron chi connectivity index (χ1n) is 8.50. The lowest BCUT2D eigenvalue weighted by Crippen LogP contribution is -2.04. The Kier molecular flexibility index (Phi) is 5.53. The quantitative estimate of drug-likeness (QED) is 0.232. The molecule has 4 rings (SSSR count). The van der Waals surface area contributed by atoms with Gasteiger partial charge in [0, 0.05) is 10.6 Å². The number of nitrogens with zero attached hydrogens (tertiary/aromatic N) is 4. The molecule has 0 bridgehead atoms. The summed E-state index contributed by atoms with van der Waals surface area (Å²) in [5.41, 5.74) is 1.68. The van der Waals surface area contributed by atoms with Crippen LogP contribution in [0.4, 0.5) is 0 Å². The number of aliphatic hydroxyl groups excluding tert-OH is 1. The van der Waals surface area contributed by atoms with E-state index in [2.05, 4.69) is 21.3 Å². The summed E-state index contributed by atoms with van der Waals surface area (Å²) < 4.78 is 6.62. The molecular weight excluding hydrogens is 428 g/mol. The molecule has 1 unspecified atom stereocenters. The lowest BCUT2D eigenvalue weighted by Gasteiger charge is -2.08. The molecule has 0 fully saturated rings. The second-order valence-corrected chi connectivity index (χ2v) is 8.76. The minimum Gasteiger partial charge on any atom is -0.510 e. The van der Waals surface area contributed by atoms with E-state index in [0.29, 0.717) is 15.9 Å². The number of aromatic nitrogens is 3. The number of halogens is 1. The first kappa shape index (κ1) is 19.5. The summed E-state index contributed by atoms with van der Waals surface area (Å²) in [5.74, 6) is 0.273. The molecule has 2 aromatic heterocycles. The summed E-state index contributed by atoms with van der Waals surface area (Å²) in [6.45, 7) is 1.76. The Morgan fingerprint density at radius 2 is 1.97 bits per heavy atom. The molecule has 4 aromatic rings. The number of nitriles is 1. The molecule has 9 heteroatoms. The first-order chi connectivity index (χ1) is 14.0.